The van der Waals surface area contributed by atoms with Crippen LogP contribution in [-0.4, -0.2) is 48.1 Å². The van der Waals surface area contributed by atoms with Gasteiger partial charge in [-0.25, -0.2) is 9.78 Å². The van der Waals surface area contributed by atoms with Crippen molar-refractivity contribution in [1.29, 1.82) is 0 Å². The smallest absolute Gasteiger partial charge is 0.409 e. The summed E-state index contributed by atoms with van der Waals surface area (Å²) in [4.78, 5) is 32.1. The number of para-hydroxylation sites is 1. The zero-order valence-electron chi connectivity index (χ0n) is 15.6. The Morgan fingerprint density at radius 2 is 1.96 bits per heavy atom. The van der Waals surface area contributed by atoms with Gasteiger partial charge in [-0.15, -0.1) is 11.3 Å². The maximum atomic E-state index is 13.1. The van der Waals surface area contributed by atoms with Crippen molar-refractivity contribution in [3.8, 4) is 10.6 Å². The Kier molecular flexibility index (Phi) is 5.25. The van der Waals surface area contributed by atoms with Gasteiger partial charge in [-0.3, -0.25) is 4.79 Å². The number of hydrogen-bond acceptors (Lipinski definition) is 5. The van der Waals surface area contributed by atoms with E-state index in [1.165, 1.54) is 7.11 Å². The van der Waals surface area contributed by atoms with Gasteiger partial charge in [0, 0.05) is 24.5 Å². The fraction of sp³-hybridized carbons (Fsp3) is 0.286. The zero-order valence-corrected chi connectivity index (χ0v) is 16.4. The average molecular weight is 395 g/mol. The van der Waals surface area contributed by atoms with E-state index in [1.807, 2.05) is 47.8 Å². The van der Waals surface area contributed by atoms with Crippen LogP contribution < -0.4 is 5.32 Å². The first-order chi connectivity index (χ1) is 13.7. The number of ether oxygens (including phenoxy) is 1. The van der Waals surface area contributed by atoms with Crippen LogP contribution in [0.2, 0.25) is 0 Å². The predicted molar refractivity (Wildman–Crippen MR) is 110 cm³/mol. The van der Waals surface area contributed by atoms with Gasteiger partial charge >= 0.3 is 6.09 Å². The first-order valence-electron chi connectivity index (χ1n) is 9.23. The van der Waals surface area contributed by atoms with E-state index in [9.17, 15) is 9.59 Å². The summed E-state index contributed by atoms with van der Waals surface area (Å²) in [6.07, 6.45) is 1.11. The third-order valence-corrected chi connectivity index (χ3v) is 5.89. The highest BCUT2D eigenvalue weighted by atomic mass is 32.1. The van der Waals surface area contributed by atoms with Gasteiger partial charge in [0.05, 0.1) is 28.8 Å². The Morgan fingerprint density at radius 1 is 1.18 bits per heavy atom. The molecule has 0 aliphatic carbocycles. The van der Waals surface area contributed by atoms with E-state index >= 15 is 0 Å². The third-order valence-electron chi connectivity index (χ3n) is 5.00. The summed E-state index contributed by atoms with van der Waals surface area (Å²) >= 11 is 1.60. The minimum atomic E-state index is -0.314. The highest BCUT2D eigenvalue weighted by Crippen LogP contribution is 2.28. The molecule has 0 spiro atoms. The summed E-state index contributed by atoms with van der Waals surface area (Å²) in [6.45, 7) is 1.16. The second-order valence-corrected chi connectivity index (χ2v) is 7.70. The number of rotatable bonds is 3. The van der Waals surface area contributed by atoms with Gasteiger partial charge in [-0.1, -0.05) is 24.3 Å². The molecule has 0 unspecified atom stereocenters. The lowest BCUT2D eigenvalue weighted by Gasteiger charge is -2.31. The molecule has 4 rings (SSSR count). The molecule has 1 N–H and O–H groups in total. The van der Waals surface area contributed by atoms with Gasteiger partial charge in [0.2, 0.25) is 0 Å². The summed E-state index contributed by atoms with van der Waals surface area (Å²) < 4.78 is 4.77. The first kappa shape index (κ1) is 18.4. The molecule has 1 fully saturated rings. The number of methoxy groups -OCH3 is 1. The molecular formula is C21H21N3O3S. The quantitative estimate of drug-likeness (QED) is 0.730. The van der Waals surface area contributed by atoms with Crippen LogP contribution in [0.3, 0.4) is 0 Å². The van der Waals surface area contributed by atoms with Crippen LogP contribution in [0.4, 0.5) is 4.79 Å². The number of carbonyl (C=O) groups excluding carboxylic acids is 2. The largest absolute Gasteiger partial charge is 0.453 e. The van der Waals surface area contributed by atoms with Gasteiger partial charge in [0.1, 0.15) is 0 Å². The summed E-state index contributed by atoms with van der Waals surface area (Å²) in [5.74, 6) is -0.104. The predicted octanol–water partition coefficient (Wildman–Crippen LogP) is 3.92. The number of fused-ring (bicyclic) bond motifs is 1. The minimum Gasteiger partial charge on any atom is -0.453 e. The number of pyridine rings is 1. The number of hydrogen-bond donors (Lipinski definition) is 1. The molecule has 2 amide bonds. The van der Waals surface area contributed by atoms with Crippen molar-refractivity contribution in [3.05, 3.63) is 53.4 Å². The van der Waals surface area contributed by atoms with Crippen LogP contribution in [0.25, 0.3) is 21.5 Å². The molecule has 3 heterocycles. The normalized spacial score (nSPS) is 14.8. The Morgan fingerprint density at radius 3 is 2.68 bits per heavy atom. The van der Waals surface area contributed by atoms with Gasteiger partial charge in [-0.2, -0.15) is 0 Å². The lowest BCUT2D eigenvalue weighted by Crippen LogP contribution is -2.46. The van der Waals surface area contributed by atoms with Gasteiger partial charge in [0.25, 0.3) is 5.91 Å². The van der Waals surface area contributed by atoms with E-state index in [0.29, 0.717) is 31.5 Å². The monoisotopic (exact) mass is 395 g/mol. The van der Waals surface area contributed by atoms with Crippen LogP contribution in [0.15, 0.2) is 47.8 Å². The van der Waals surface area contributed by atoms with Crippen molar-refractivity contribution in [2.24, 2.45) is 0 Å². The summed E-state index contributed by atoms with van der Waals surface area (Å²) in [5, 5.41) is 5.98. The van der Waals surface area contributed by atoms with Crippen molar-refractivity contribution in [3.63, 3.8) is 0 Å². The zero-order chi connectivity index (χ0) is 19.5. The molecule has 2 aromatic heterocycles. The van der Waals surface area contributed by atoms with E-state index < -0.39 is 0 Å². The Bertz CT molecular complexity index is 995. The standard InChI is InChI=1S/C21H21N3O3S/c1-27-21(26)24-10-8-14(9-11-24)22-20(25)16-13-18(19-7-4-12-28-19)23-17-6-3-2-5-15(16)17/h2-7,12-14H,8-11H2,1H3,(H,22,25). The number of thiophene rings is 1. The number of carbonyl (C=O) groups is 2. The molecule has 0 bridgehead atoms. The van der Waals surface area contributed by atoms with Crippen LogP contribution in [0.5, 0.6) is 0 Å². The third kappa shape index (κ3) is 3.71. The number of likely N-dealkylation sites (tertiary alicyclic amines) is 1. The number of aromatic nitrogens is 1. The van der Waals surface area contributed by atoms with Crippen LogP contribution in [-0.2, 0) is 4.74 Å². The van der Waals surface area contributed by atoms with E-state index in [2.05, 4.69) is 5.32 Å². The molecule has 0 radical (unpaired) electrons. The van der Waals surface area contributed by atoms with E-state index in [1.54, 1.807) is 16.2 Å². The molecule has 7 heteroatoms. The van der Waals surface area contributed by atoms with Gasteiger partial charge in [-0.05, 0) is 36.4 Å². The molecule has 1 saturated heterocycles. The molecule has 1 aliphatic heterocycles. The second-order valence-electron chi connectivity index (χ2n) is 6.75. The SMILES string of the molecule is COC(=O)N1CCC(NC(=O)c2cc(-c3cccs3)nc3ccccc23)CC1. The first-order valence-corrected chi connectivity index (χ1v) is 10.1. The molecule has 0 saturated carbocycles. The molecule has 144 valence electrons. The number of piperidine rings is 1. The van der Waals surface area contributed by atoms with E-state index in [0.717, 1.165) is 21.5 Å². The van der Waals surface area contributed by atoms with Crippen LogP contribution >= 0.6 is 11.3 Å². The molecular weight excluding hydrogens is 374 g/mol. The van der Waals surface area contributed by atoms with Crippen LogP contribution in [0.1, 0.15) is 23.2 Å². The molecule has 6 nitrogen and oxygen atoms in total. The minimum absolute atomic E-state index is 0.0329. The van der Waals surface area contributed by atoms with E-state index in [4.69, 9.17) is 9.72 Å². The van der Waals surface area contributed by atoms with Crippen molar-refractivity contribution in [1.82, 2.24) is 15.2 Å². The fourth-order valence-corrected chi connectivity index (χ4v) is 4.20. The molecule has 3 aromatic rings. The van der Waals surface area contributed by atoms with Crippen LogP contribution in [0, 0.1) is 0 Å². The summed E-state index contributed by atoms with van der Waals surface area (Å²) in [6, 6.07) is 13.6. The highest BCUT2D eigenvalue weighted by molar-refractivity contribution is 7.13. The molecule has 28 heavy (non-hydrogen) atoms. The van der Waals surface area contributed by atoms with E-state index in [-0.39, 0.29) is 18.0 Å². The Hall–Kier alpha value is -2.93. The number of amides is 2. The maximum Gasteiger partial charge on any atom is 0.409 e. The lowest BCUT2D eigenvalue weighted by atomic mass is 10.0. The summed E-state index contributed by atoms with van der Waals surface area (Å²) in [5.41, 5.74) is 2.24. The summed E-state index contributed by atoms with van der Waals surface area (Å²) in [7, 11) is 1.38. The molecule has 1 aromatic carbocycles. The van der Waals surface area contributed by atoms with Crippen molar-refractivity contribution >= 4 is 34.2 Å². The number of nitrogens with zero attached hydrogens (tertiary/aromatic N) is 2. The highest BCUT2D eigenvalue weighted by Gasteiger charge is 2.25. The van der Waals surface area contributed by atoms with Crippen molar-refractivity contribution in [2.45, 2.75) is 18.9 Å². The lowest BCUT2D eigenvalue weighted by molar-refractivity contribution is 0.0893. The Labute approximate surface area is 167 Å². The number of benzene rings is 1. The topological polar surface area (TPSA) is 71.5 Å². The second kappa shape index (κ2) is 7.98. The van der Waals surface area contributed by atoms with Gasteiger partial charge < -0.3 is 15.0 Å². The molecule has 1 aliphatic rings. The fourth-order valence-electron chi connectivity index (χ4n) is 3.51. The molecule has 0 atom stereocenters. The van der Waals surface area contributed by atoms with Crippen molar-refractivity contribution < 1.29 is 14.3 Å². The van der Waals surface area contributed by atoms with Gasteiger partial charge in [0.15, 0.2) is 0 Å². The van der Waals surface area contributed by atoms with Crippen molar-refractivity contribution in [2.75, 3.05) is 20.2 Å². The average Bonchev–Trinajstić information content (AvgIpc) is 3.28. The number of nitrogens with one attached hydrogen (secondary N) is 1. The Balaban J connectivity index is 1.57. The maximum absolute atomic E-state index is 13.1.